The Hall–Kier alpha value is -4.99. The van der Waals surface area contributed by atoms with Gasteiger partial charge in [0.1, 0.15) is 24.9 Å². The number of aliphatic hydroxyl groups excluding tert-OH is 2. The number of cyclic esters (lactones) is 1. The molecule has 5 atom stereocenters. The number of fused-ring (bicyclic) bond motifs is 4. The highest BCUT2D eigenvalue weighted by atomic mass is 16.6. The summed E-state index contributed by atoms with van der Waals surface area (Å²) in [6, 6.07) is 3.88. The summed E-state index contributed by atoms with van der Waals surface area (Å²) >= 11 is 0. The molecule has 1 aromatic heterocycles. The second kappa shape index (κ2) is 9.64. The Morgan fingerprint density at radius 3 is 1.93 bits per heavy atom. The highest BCUT2D eigenvalue weighted by Crippen LogP contribution is 2.52. The summed E-state index contributed by atoms with van der Waals surface area (Å²) in [6.07, 6.45) is -8.00. The van der Waals surface area contributed by atoms with E-state index in [0.717, 1.165) is 0 Å². The van der Waals surface area contributed by atoms with Gasteiger partial charge in [0.05, 0.1) is 17.4 Å². The molecule has 0 aliphatic carbocycles. The number of benzene rings is 2. The Kier molecular flexibility index (Phi) is 6.41. The first-order chi connectivity index (χ1) is 18.9. The normalized spacial score (nSPS) is 24.5. The summed E-state index contributed by atoms with van der Waals surface area (Å²) in [5, 5.41) is 83.1. The van der Waals surface area contributed by atoms with Gasteiger partial charge in [0, 0.05) is 11.1 Å². The maximum atomic E-state index is 13.3. The van der Waals surface area contributed by atoms with Gasteiger partial charge in [-0.1, -0.05) is 0 Å². The van der Waals surface area contributed by atoms with Crippen LogP contribution in [0.1, 0.15) is 31.3 Å². The second-order valence-corrected chi connectivity index (χ2v) is 8.92. The number of furan rings is 1. The van der Waals surface area contributed by atoms with Crippen LogP contribution in [0.5, 0.6) is 34.5 Å². The molecule has 2 aromatic carbocycles. The minimum Gasteiger partial charge on any atom is -0.504 e. The van der Waals surface area contributed by atoms with Crippen LogP contribution in [0.3, 0.4) is 0 Å². The van der Waals surface area contributed by atoms with E-state index >= 15 is 0 Å². The lowest BCUT2D eigenvalue weighted by Crippen LogP contribution is -2.62. The van der Waals surface area contributed by atoms with Gasteiger partial charge in [-0.2, -0.15) is 0 Å². The molecule has 210 valence electrons. The van der Waals surface area contributed by atoms with Crippen LogP contribution in [0.4, 0.5) is 0 Å². The highest BCUT2D eigenvalue weighted by molar-refractivity contribution is 6.08. The SMILES string of the molecule is O=C1OCC2OC(C(=O)c3ccco3)C(O)C(O)C2OC(=O)c2cc(O)c(O)c(O)c2-c2c1cc(O)c(O)c2O. The maximum absolute atomic E-state index is 13.3. The summed E-state index contributed by atoms with van der Waals surface area (Å²) in [7, 11) is 0. The number of aromatic hydroxyl groups is 6. The first-order valence-electron chi connectivity index (χ1n) is 11.5. The van der Waals surface area contributed by atoms with Crippen molar-refractivity contribution in [3.63, 3.8) is 0 Å². The molecule has 5 rings (SSSR count). The molecule has 3 heterocycles. The smallest absolute Gasteiger partial charge is 0.339 e. The van der Waals surface area contributed by atoms with Crippen molar-refractivity contribution in [2.45, 2.75) is 30.5 Å². The van der Waals surface area contributed by atoms with E-state index in [4.69, 9.17) is 18.6 Å². The lowest BCUT2D eigenvalue weighted by molar-refractivity contribution is -0.216. The average molecular weight is 560 g/mol. The molecule has 1 fully saturated rings. The standard InChI is InChI=1S/C25H20O15/c26-9-4-7-13(18(31)15(9)28)14-8(5-10(27)16(29)19(14)32)25(36)40-22-12(6-38-24(7)35)39-23(21(34)20(22)33)17(30)11-2-1-3-37-11/h1-5,12,20-23,26-29,31-34H,6H2. The van der Waals surface area contributed by atoms with Crippen molar-refractivity contribution in [2.75, 3.05) is 6.61 Å². The van der Waals surface area contributed by atoms with E-state index < -0.39 is 112 Å². The largest absolute Gasteiger partial charge is 0.504 e. The van der Waals surface area contributed by atoms with E-state index in [9.17, 15) is 55.2 Å². The van der Waals surface area contributed by atoms with Crippen LogP contribution in [0.2, 0.25) is 0 Å². The quantitative estimate of drug-likeness (QED) is 0.119. The molecule has 0 radical (unpaired) electrons. The van der Waals surface area contributed by atoms with Gasteiger partial charge in [-0.15, -0.1) is 0 Å². The van der Waals surface area contributed by atoms with Crippen molar-refractivity contribution in [1.29, 1.82) is 0 Å². The average Bonchev–Trinajstić information content (AvgIpc) is 3.46. The molecule has 0 spiro atoms. The molecule has 15 heteroatoms. The number of carbonyl (C=O) groups is 3. The van der Waals surface area contributed by atoms with Crippen LogP contribution in [-0.2, 0) is 14.2 Å². The van der Waals surface area contributed by atoms with Crippen molar-refractivity contribution in [1.82, 2.24) is 0 Å². The van der Waals surface area contributed by atoms with E-state index in [0.29, 0.717) is 12.1 Å². The van der Waals surface area contributed by atoms with Gasteiger partial charge >= 0.3 is 11.9 Å². The van der Waals surface area contributed by atoms with Gasteiger partial charge in [-0.05, 0) is 24.3 Å². The number of Topliss-reactive ketones (excluding diaryl/α,β-unsaturated/α-hetero) is 1. The lowest BCUT2D eigenvalue weighted by atomic mass is 9.91. The Labute approximate surface area is 222 Å². The number of hydrogen-bond acceptors (Lipinski definition) is 15. The van der Waals surface area contributed by atoms with E-state index in [2.05, 4.69) is 0 Å². The summed E-state index contributed by atoms with van der Waals surface area (Å²) in [5.74, 6) is -10.8. The zero-order valence-corrected chi connectivity index (χ0v) is 19.9. The first kappa shape index (κ1) is 26.6. The molecular formula is C25H20O15. The van der Waals surface area contributed by atoms with Crippen molar-refractivity contribution >= 4 is 17.7 Å². The van der Waals surface area contributed by atoms with Crippen molar-refractivity contribution in [3.8, 4) is 45.6 Å². The fraction of sp³-hybridized carbons (Fsp3) is 0.240. The van der Waals surface area contributed by atoms with E-state index in [1.54, 1.807) is 0 Å². The highest BCUT2D eigenvalue weighted by Gasteiger charge is 2.51. The van der Waals surface area contributed by atoms with Gasteiger partial charge in [0.2, 0.25) is 17.3 Å². The minimum atomic E-state index is -2.02. The van der Waals surface area contributed by atoms with Crippen LogP contribution in [0, 0.1) is 0 Å². The Bertz CT molecular complexity index is 1530. The maximum Gasteiger partial charge on any atom is 0.339 e. The molecule has 3 aromatic rings. The number of aliphatic hydroxyl groups is 2. The molecule has 15 nitrogen and oxygen atoms in total. The van der Waals surface area contributed by atoms with Crippen LogP contribution >= 0.6 is 0 Å². The van der Waals surface area contributed by atoms with E-state index in [1.807, 2.05) is 0 Å². The van der Waals surface area contributed by atoms with Gasteiger partial charge in [0.25, 0.3) is 0 Å². The van der Waals surface area contributed by atoms with E-state index in [-0.39, 0.29) is 5.76 Å². The third-order valence-corrected chi connectivity index (χ3v) is 6.53. The van der Waals surface area contributed by atoms with Crippen LogP contribution < -0.4 is 0 Å². The zero-order valence-electron chi connectivity index (χ0n) is 19.9. The number of phenols is 6. The fourth-order valence-electron chi connectivity index (χ4n) is 4.53. The summed E-state index contributed by atoms with van der Waals surface area (Å²) in [5.41, 5.74) is -3.19. The predicted octanol–water partition coefficient (Wildman–Crippen LogP) is 0.248. The topological polar surface area (TPSA) is 254 Å². The van der Waals surface area contributed by atoms with Crippen molar-refractivity contribution in [3.05, 3.63) is 47.4 Å². The number of esters is 2. The Balaban J connectivity index is 1.67. The predicted molar refractivity (Wildman–Crippen MR) is 125 cm³/mol. The summed E-state index contributed by atoms with van der Waals surface area (Å²) in [4.78, 5) is 39.3. The van der Waals surface area contributed by atoms with Crippen molar-refractivity contribution < 1.29 is 73.9 Å². The molecular weight excluding hydrogens is 540 g/mol. The number of hydrogen-bond donors (Lipinski definition) is 8. The van der Waals surface area contributed by atoms with Crippen LogP contribution in [0.15, 0.2) is 34.9 Å². The third kappa shape index (κ3) is 4.08. The van der Waals surface area contributed by atoms with Gasteiger partial charge in [-0.25, -0.2) is 9.59 Å². The molecule has 5 unspecified atom stereocenters. The minimum absolute atomic E-state index is 0.236. The van der Waals surface area contributed by atoms with E-state index in [1.165, 1.54) is 18.4 Å². The van der Waals surface area contributed by atoms with Crippen LogP contribution in [-0.4, -0.2) is 95.7 Å². The molecule has 2 aliphatic heterocycles. The third-order valence-electron chi connectivity index (χ3n) is 6.53. The second-order valence-electron chi connectivity index (χ2n) is 8.92. The molecule has 40 heavy (non-hydrogen) atoms. The first-order valence-corrected chi connectivity index (χ1v) is 11.5. The number of carbonyl (C=O) groups excluding carboxylic acids is 3. The molecule has 0 saturated carbocycles. The molecule has 0 amide bonds. The molecule has 8 N–H and O–H groups in total. The van der Waals surface area contributed by atoms with Gasteiger partial charge < -0.3 is 59.5 Å². The van der Waals surface area contributed by atoms with Gasteiger partial charge in [0.15, 0.2) is 41.0 Å². The molecule has 0 bridgehead atoms. The summed E-state index contributed by atoms with van der Waals surface area (Å²) < 4.78 is 21.1. The summed E-state index contributed by atoms with van der Waals surface area (Å²) in [6.45, 7) is -0.830. The number of rotatable bonds is 2. The van der Waals surface area contributed by atoms with Crippen LogP contribution in [0.25, 0.3) is 11.1 Å². The monoisotopic (exact) mass is 560 g/mol. The Morgan fingerprint density at radius 1 is 0.800 bits per heavy atom. The van der Waals surface area contributed by atoms with Crippen molar-refractivity contribution in [2.24, 2.45) is 0 Å². The molecule has 1 saturated heterocycles. The lowest BCUT2D eigenvalue weighted by Gasteiger charge is -2.41. The number of ether oxygens (including phenoxy) is 3. The zero-order chi connectivity index (χ0) is 29.0. The fourth-order valence-corrected chi connectivity index (χ4v) is 4.53. The number of ketones is 1. The van der Waals surface area contributed by atoms with Gasteiger partial charge in [-0.3, -0.25) is 4.79 Å². The Morgan fingerprint density at radius 2 is 1.38 bits per heavy atom. The number of phenolic OH excluding ortho intramolecular Hbond substituents is 6. The molecule has 2 aliphatic rings.